The van der Waals surface area contributed by atoms with Crippen LogP contribution in [0, 0.1) is 11.3 Å². The molecule has 0 rings (SSSR count). The minimum absolute atomic E-state index is 0.288. The van der Waals surface area contributed by atoms with Crippen molar-refractivity contribution in [3.63, 3.8) is 0 Å². The highest BCUT2D eigenvalue weighted by atomic mass is 15.1. The lowest BCUT2D eigenvalue weighted by Crippen LogP contribution is -2.25. The summed E-state index contributed by atoms with van der Waals surface area (Å²) in [5, 5.41) is 7.08. The second-order valence-electron chi connectivity index (χ2n) is 4.11. The number of hydrogen-bond donors (Lipinski definition) is 2. The minimum atomic E-state index is 0.288. The van der Waals surface area contributed by atoms with E-state index in [1.807, 2.05) is 0 Å². The third kappa shape index (κ3) is 9.34. The molecule has 0 aliphatic rings. The standard InChI is InChI=1S/C10H23N3/c1-9(2)5-4-7-13(3)8-6-10(11)12/h9H,4-8H2,1-3H3,(H3,11,12). The largest absolute Gasteiger partial charge is 0.388 e. The molecule has 0 fully saturated rings. The van der Waals surface area contributed by atoms with Crippen LogP contribution < -0.4 is 5.73 Å². The summed E-state index contributed by atoms with van der Waals surface area (Å²) >= 11 is 0. The Hall–Kier alpha value is -0.570. The quantitative estimate of drug-likeness (QED) is 0.468. The summed E-state index contributed by atoms with van der Waals surface area (Å²) < 4.78 is 0. The van der Waals surface area contributed by atoms with Crippen LogP contribution in [0.4, 0.5) is 0 Å². The van der Waals surface area contributed by atoms with Crippen LogP contribution in [0.1, 0.15) is 33.1 Å². The average molecular weight is 185 g/mol. The van der Waals surface area contributed by atoms with Crippen molar-refractivity contribution in [2.75, 3.05) is 20.1 Å². The fourth-order valence-corrected chi connectivity index (χ4v) is 1.19. The molecule has 0 aliphatic carbocycles. The second-order valence-corrected chi connectivity index (χ2v) is 4.11. The van der Waals surface area contributed by atoms with E-state index in [2.05, 4.69) is 25.8 Å². The predicted molar refractivity (Wildman–Crippen MR) is 58.1 cm³/mol. The van der Waals surface area contributed by atoms with Gasteiger partial charge in [0.05, 0.1) is 5.84 Å². The molecule has 0 aromatic rings. The van der Waals surface area contributed by atoms with Gasteiger partial charge in [0.2, 0.25) is 0 Å². The third-order valence-corrected chi connectivity index (χ3v) is 2.08. The molecule has 0 aromatic heterocycles. The van der Waals surface area contributed by atoms with Gasteiger partial charge in [-0.2, -0.15) is 0 Å². The van der Waals surface area contributed by atoms with Crippen LogP contribution in [0.15, 0.2) is 0 Å². The van der Waals surface area contributed by atoms with Crippen molar-refractivity contribution in [3.05, 3.63) is 0 Å². The van der Waals surface area contributed by atoms with Gasteiger partial charge in [0, 0.05) is 13.0 Å². The van der Waals surface area contributed by atoms with Crippen molar-refractivity contribution in [2.45, 2.75) is 33.1 Å². The summed E-state index contributed by atoms with van der Waals surface area (Å²) in [6.07, 6.45) is 3.22. The zero-order valence-corrected chi connectivity index (χ0v) is 9.14. The molecule has 0 heterocycles. The molecule has 0 aromatic carbocycles. The van der Waals surface area contributed by atoms with E-state index >= 15 is 0 Å². The molecular formula is C10H23N3. The maximum absolute atomic E-state index is 7.08. The molecule has 3 nitrogen and oxygen atoms in total. The van der Waals surface area contributed by atoms with E-state index in [1.165, 1.54) is 12.8 Å². The van der Waals surface area contributed by atoms with E-state index in [0.717, 1.165) is 19.0 Å². The van der Waals surface area contributed by atoms with Gasteiger partial charge in [-0.15, -0.1) is 0 Å². The molecule has 0 unspecified atom stereocenters. The fraction of sp³-hybridized carbons (Fsp3) is 0.900. The molecule has 0 radical (unpaired) electrons. The summed E-state index contributed by atoms with van der Waals surface area (Å²) in [6.45, 7) is 6.52. The molecule has 0 spiro atoms. The molecule has 3 N–H and O–H groups in total. The Kier molecular flexibility index (Phi) is 6.59. The molecule has 0 aliphatic heterocycles. The first-order valence-corrected chi connectivity index (χ1v) is 5.03. The molecule has 0 atom stereocenters. The van der Waals surface area contributed by atoms with Crippen molar-refractivity contribution >= 4 is 5.84 Å². The van der Waals surface area contributed by atoms with Crippen LogP contribution in [-0.2, 0) is 0 Å². The van der Waals surface area contributed by atoms with Crippen LogP contribution >= 0.6 is 0 Å². The molecule has 3 heteroatoms. The molecular weight excluding hydrogens is 162 g/mol. The van der Waals surface area contributed by atoms with Crippen LogP contribution in [-0.4, -0.2) is 30.9 Å². The van der Waals surface area contributed by atoms with Gasteiger partial charge in [0.15, 0.2) is 0 Å². The van der Waals surface area contributed by atoms with Gasteiger partial charge >= 0.3 is 0 Å². The summed E-state index contributed by atoms with van der Waals surface area (Å²) in [6, 6.07) is 0. The Morgan fingerprint density at radius 2 is 2.00 bits per heavy atom. The van der Waals surface area contributed by atoms with Gasteiger partial charge in [-0.05, 0) is 32.4 Å². The van der Waals surface area contributed by atoms with Crippen molar-refractivity contribution in [3.8, 4) is 0 Å². The third-order valence-electron chi connectivity index (χ3n) is 2.08. The Morgan fingerprint density at radius 3 is 2.46 bits per heavy atom. The number of nitrogens with one attached hydrogen (secondary N) is 1. The summed E-state index contributed by atoms with van der Waals surface area (Å²) in [7, 11) is 2.09. The van der Waals surface area contributed by atoms with Crippen molar-refractivity contribution < 1.29 is 0 Å². The Bertz CT molecular complexity index is 143. The number of hydrogen-bond acceptors (Lipinski definition) is 2. The van der Waals surface area contributed by atoms with Gasteiger partial charge < -0.3 is 10.6 Å². The van der Waals surface area contributed by atoms with Gasteiger partial charge in [-0.3, -0.25) is 5.41 Å². The van der Waals surface area contributed by atoms with Gasteiger partial charge in [-0.25, -0.2) is 0 Å². The first kappa shape index (κ1) is 12.4. The zero-order chi connectivity index (χ0) is 10.3. The van der Waals surface area contributed by atoms with Crippen LogP contribution in [0.5, 0.6) is 0 Å². The Labute approximate surface area is 81.8 Å². The van der Waals surface area contributed by atoms with Crippen LogP contribution in [0.3, 0.4) is 0 Å². The first-order chi connectivity index (χ1) is 6.02. The zero-order valence-electron chi connectivity index (χ0n) is 9.14. The highest BCUT2D eigenvalue weighted by Crippen LogP contribution is 2.03. The maximum atomic E-state index is 7.08. The first-order valence-electron chi connectivity index (χ1n) is 5.03. The van der Waals surface area contributed by atoms with Crippen LogP contribution in [0.2, 0.25) is 0 Å². The second kappa shape index (κ2) is 6.89. The summed E-state index contributed by atoms with van der Waals surface area (Å²) in [5.74, 6) is 1.08. The lowest BCUT2D eigenvalue weighted by atomic mass is 10.1. The lowest BCUT2D eigenvalue weighted by Gasteiger charge is -2.16. The SMILES string of the molecule is CC(C)CCCN(C)CCC(=N)N. The molecule has 0 amide bonds. The fourth-order valence-electron chi connectivity index (χ4n) is 1.19. The molecule has 78 valence electrons. The van der Waals surface area contributed by atoms with Gasteiger partial charge in [0.1, 0.15) is 0 Å². The molecule has 0 saturated heterocycles. The summed E-state index contributed by atoms with van der Waals surface area (Å²) in [5.41, 5.74) is 5.27. The lowest BCUT2D eigenvalue weighted by molar-refractivity contribution is 0.326. The highest BCUT2D eigenvalue weighted by Gasteiger charge is 2.00. The molecule has 0 bridgehead atoms. The number of nitrogens with two attached hydrogens (primary N) is 1. The average Bonchev–Trinajstić information content (AvgIpc) is 2.00. The van der Waals surface area contributed by atoms with Crippen molar-refractivity contribution in [1.29, 1.82) is 5.41 Å². The number of amidine groups is 1. The van der Waals surface area contributed by atoms with Crippen molar-refractivity contribution in [2.24, 2.45) is 11.7 Å². The van der Waals surface area contributed by atoms with E-state index in [1.54, 1.807) is 0 Å². The predicted octanol–water partition coefficient (Wildman–Crippen LogP) is 1.68. The van der Waals surface area contributed by atoms with Gasteiger partial charge in [0.25, 0.3) is 0 Å². The van der Waals surface area contributed by atoms with Gasteiger partial charge in [-0.1, -0.05) is 13.8 Å². The van der Waals surface area contributed by atoms with E-state index in [9.17, 15) is 0 Å². The Morgan fingerprint density at radius 1 is 1.38 bits per heavy atom. The highest BCUT2D eigenvalue weighted by molar-refractivity contribution is 5.76. The van der Waals surface area contributed by atoms with E-state index in [-0.39, 0.29) is 5.84 Å². The summed E-state index contributed by atoms with van der Waals surface area (Å²) in [4.78, 5) is 2.24. The van der Waals surface area contributed by atoms with E-state index < -0.39 is 0 Å². The number of nitrogens with zero attached hydrogens (tertiary/aromatic N) is 1. The number of rotatable bonds is 7. The van der Waals surface area contributed by atoms with Crippen molar-refractivity contribution in [1.82, 2.24) is 4.90 Å². The molecule has 0 saturated carbocycles. The molecule has 13 heavy (non-hydrogen) atoms. The monoisotopic (exact) mass is 185 g/mol. The van der Waals surface area contributed by atoms with Crippen LogP contribution in [0.25, 0.3) is 0 Å². The topological polar surface area (TPSA) is 53.1 Å². The normalized spacial score (nSPS) is 11.2. The minimum Gasteiger partial charge on any atom is -0.388 e. The maximum Gasteiger partial charge on any atom is 0.0918 e. The smallest absolute Gasteiger partial charge is 0.0918 e. The van der Waals surface area contributed by atoms with E-state index in [0.29, 0.717) is 6.42 Å². The Balaban J connectivity index is 3.30. The van der Waals surface area contributed by atoms with E-state index in [4.69, 9.17) is 11.1 Å².